The van der Waals surface area contributed by atoms with E-state index in [1.807, 2.05) is 12.1 Å². The lowest BCUT2D eigenvalue weighted by atomic mass is 10.1. The summed E-state index contributed by atoms with van der Waals surface area (Å²) in [6.07, 6.45) is 3.54. The van der Waals surface area contributed by atoms with Crippen LogP contribution in [0.4, 0.5) is 0 Å². The molecule has 20 heavy (non-hydrogen) atoms. The van der Waals surface area contributed by atoms with Gasteiger partial charge in [0.15, 0.2) is 0 Å². The summed E-state index contributed by atoms with van der Waals surface area (Å²) in [6, 6.07) is 7.39. The van der Waals surface area contributed by atoms with Crippen molar-refractivity contribution in [1.29, 1.82) is 0 Å². The molecule has 0 atom stereocenters. The second kappa shape index (κ2) is 7.41. The van der Waals surface area contributed by atoms with Gasteiger partial charge >= 0.3 is 0 Å². The van der Waals surface area contributed by atoms with E-state index in [4.69, 9.17) is 5.73 Å². The van der Waals surface area contributed by atoms with Gasteiger partial charge in [0.05, 0.1) is 4.90 Å². The summed E-state index contributed by atoms with van der Waals surface area (Å²) in [5.41, 5.74) is 6.99. The standard InChI is InChI=1S/C14H22N2O2S.ClH/c1-2-3-12-4-6-14(7-5-12)19(17,18)16-10-8-13(15)9-11-16;/h4-7,13H,2-3,8-11,15H2,1H3;1H. The number of hydrogen-bond donors (Lipinski definition) is 1. The number of piperidine rings is 1. The Morgan fingerprint density at radius 1 is 1.20 bits per heavy atom. The van der Waals surface area contributed by atoms with Crippen molar-refractivity contribution in [2.24, 2.45) is 5.73 Å². The molecule has 0 spiro atoms. The Labute approximate surface area is 127 Å². The Hall–Kier alpha value is -0.620. The highest BCUT2D eigenvalue weighted by molar-refractivity contribution is 7.89. The molecule has 114 valence electrons. The molecule has 0 bridgehead atoms. The van der Waals surface area contributed by atoms with Gasteiger partial charge in [-0.2, -0.15) is 4.31 Å². The number of nitrogens with two attached hydrogens (primary N) is 1. The second-order valence-electron chi connectivity index (χ2n) is 5.14. The molecule has 0 unspecified atom stereocenters. The van der Waals surface area contributed by atoms with E-state index in [9.17, 15) is 8.42 Å². The summed E-state index contributed by atoms with van der Waals surface area (Å²) in [4.78, 5) is 0.392. The molecule has 2 rings (SSSR count). The van der Waals surface area contributed by atoms with Crippen LogP contribution in [0, 0.1) is 0 Å². The predicted molar refractivity (Wildman–Crippen MR) is 83.7 cm³/mol. The quantitative estimate of drug-likeness (QED) is 0.925. The van der Waals surface area contributed by atoms with E-state index in [0.29, 0.717) is 18.0 Å². The maximum atomic E-state index is 12.4. The molecule has 6 heteroatoms. The summed E-state index contributed by atoms with van der Waals surface area (Å²) >= 11 is 0. The maximum Gasteiger partial charge on any atom is 0.243 e. The third-order valence-corrected chi connectivity index (χ3v) is 5.51. The second-order valence-corrected chi connectivity index (χ2v) is 7.07. The monoisotopic (exact) mass is 318 g/mol. The van der Waals surface area contributed by atoms with Crippen molar-refractivity contribution in [3.05, 3.63) is 29.8 Å². The summed E-state index contributed by atoms with van der Waals surface area (Å²) in [5, 5.41) is 0. The number of halogens is 1. The number of hydrogen-bond acceptors (Lipinski definition) is 3. The molecule has 4 nitrogen and oxygen atoms in total. The lowest BCUT2D eigenvalue weighted by Gasteiger charge is -2.29. The molecule has 0 saturated carbocycles. The fourth-order valence-corrected chi connectivity index (χ4v) is 3.85. The third-order valence-electron chi connectivity index (χ3n) is 3.60. The predicted octanol–water partition coefficient (Wildman–Crippen LogP) is 2.17. The summed E-state index contributed by atoms with van der Waals surface area (Å²) in [5.74, 6) is 0. The molecule has 1 aromatic carbocycles. The molecule has 1 fully saturated rings. The smallest absolute Gasteiger partial charge is 0.243 e. The summed E-state index contributed by atoms with van der Waals surface area (Å²) in [6.45, 7) is 3.17. The van der Waals surface area contributed by atoms with Gasteiger partial charge in [0.1, 0.15) is 0 Å². The van der Waals surface area contributed by atoms with E-state index in [1.54, 1.807) is 16.4 Å². The zero-order chi connectivity index (χ0) is 13.9. The van der Waals surface area contributed by atoms with E-state index in [1.165, 1.54) is 5.56 Å². The van der Waals surface area contributed by atoms with Crippen molar-refractivity contribution in [1.82, 2.24) is 4.31 Å². The Balaban J connectivity index is 0.00000200. The van der Waals surface area contributed by atoms with Crippen molar-refractivity contribution >= 4 is 22.4 Å². The minimum absolute atomic E-state index is 0. The minimum atomic E-state index is -3.34. The fraction of sp³-hybridized carbons (Fsp3) is 0.571. The van der Waals surface area contributed by atoms with Crippen LogP contribution in [-0.2, 0) is 16.4 Å². The lowest BCUT2D eigenvalue weighted by molar-refractivity contribution is 0.320. The number of nitrogens with zero attached hydrogens (tertiary/aromatic N) is 1. The highest BCUT2D eigenvalue weighted by atomic mass is 35.5. The van der Waals surface area contributed by atoms with Gasteiger partial charge in [-0.25, -0.2) is 8.42 Å². The first-order valence-corrected chi connectivity index (χ1v) is 8.32. The highest BCUT2D eigenvalue weighted by Gasteiger charge is 2.27. The van der Waals surface area contributed by atoms with Crippen LogP contribution in [0.2, 0.25) is 0 Å². The van der Waals surface area contributed by atoms with Crippen LogP contribution < -0.4 is 5.73 Å². The van der Waals surface area contributed by atoms with E-state index >= 15 is 0 Å². The normalized spacial score (nSPS) is 17.7. The van der Waals surface area contributed by atoms with Crippen LogP contribution >= 0.6 is 12.4 Å². The van der Waals surface area contributed by atoms with E-state index in [2.05, 4.69) is 6.92 Å². The van der Waals surface area contributed by atoms with Gasteiger partial charge < -0.3 is 5.73 Å². The minimum Gasteiger partial charge on any atom is -0.328 e. The Morgan fingerprint density at radius 3 is 2.25 bits per heavy atom. The van der Waals surface area contributed by atoms with E-state index < -0.39 is 10.0 Å². The Morgan fingerprint density at radius 2 is 1.75 bits per heavy atom. The van der Waals surface area contributed by atoms with E-state index in [-0.39, 0.29) is 18.4 Å². The summed E-state index contributed by atoms with van der Waals surface area (Å²) < 4.78 is 26.4. The van der Waals surface area contributed by atoms with Crippen molar-refractivity contribution in [3.63, 3.8) is 0 Å². The molecule has 0 aromatic heterocycles. The lowest BCUT2D eigenvalue weighted by Crippen LogP contribution is -2.42. The Kier molecular flexibility index (Phi) is 6.45. The molecule has 0 aliphatic carbocycles. The van der Waals surface area contributed by atoms with Crippen LogP contribution in [0.1, 0.15) is 31.7 Å². The number of rotatable bonds is 4. The van der Waals surface area contributed by atoms with E-state index in [0.717, 1.165) is 25.7 Å². The van der Waals surface area contributed by atoms with Crippen LogP contribution in [0.5, 0.6) is 0 Å². The van der Waals surface area contributed by atoms with Crippen LogP contribution in [0.25, 0.3) is 0 Å². The van der Waals surface area contributed by atoms with Crippen molar-refractivity contribution in [2.75, 3.05) is 13.1 Å². The number of aryl methyl sites for hydroxylation is 1. The molecule has 2 N–H and O–H groups in total. The first-order chi connectivity index (χ1) is 9.04. The van der Waals surface area contributed by atoms with Gasteiger partial charge in [-0.05, 0) is 37.0 Å². The fourth-order valence-electron chi connectivity index (χ4n) is 2.38. The highest BCUT2D eigenvalue weighted by Crippen LogP contribution is 2.20. The zero-order valence-corrected chi connectivity index (χ0v) is 13.4. The van der Waals surface area contributed by atoms with Gasteiger partial charge in [0, 0.05) is 19.1 Å². The van der Waals surface area contributed by atoms with Crippen LogP contribution in [0.3, 0.4) is 0 Å². The van der Waals surface area contributed by atoms with Gasteiger partial charge in [-0.3, -0.25) is 0 Å². The number of sulfonamides is 1. The molecule has 1 saturated heterocycles. The van der Waals surface area contributed by atoms with Crippen molar-refractivity contribution < 1.29 is 8.42 Å². The molecule has 0 radical (unpaired) electrons. The number of benzene rings is 1. The first kappa shape index (κ1) is 17.4. The Bertz CT molecular complexity index is 508. The van der Waals surface area contributed by atoms with Crippen molar-refractivity contribution in [3.8, 4) is 0 Å². The average molecular weight is 319 g/mol. The SMILES string of the molecule is CCCc1ccc(S(=O)(=O)N2CCC(N)CC2)cc1.Cl. The largest absolute Gasteiger partial charge is 0.328 e. The molecule has 1 aliphatic rings. The van der Waals surface area contributed by atoms with Gasteiger partial charge in [0.2, 0.25) is 10.0 Å². The average Bonchev–Trinajstić information content (AvgIpc) is 2.40. The van der Waals surface area contributed by atoms with Crippen LogP contribution in [0.15, 0.2) is 29.2 Å². The molecule has 1 aliphatic heterocycles. The van der Waals surface area contributed by atoms with Gasteiger partial charge in [0.25, 0.3) is 0 Å². The first-order valence-electron chi connectivity index (χ1n) is 6.88. The van der Waals surface area contributed by atoms with Crippen LogP contribution in [-0.4, -0.2) is 31.9 Å². The molecular formula is C14H23ClN2O2S. The molecule has 1 heterocycles. The maximum absolute atomic E-state index is 12.4. The molecule has 1 aromatic rings. The molecular weight excluding hydrogens is 296 g/mol. The van der Waals surface area contributed by atoms with Crippen molar-refractivity contribution in [2.45, 2.75) is 43.5 Å². The topological polar surface area (TPSA) is 63.4 Å². The van der Waals surface area contributed by atoms with Gasteiger partial charge in [-0.1, -0.05) is 25.5 Å². The third kappa shape index (κ3) is 3.95. The molecule has 0 amide bonds. The van der Waals surface area contributed by atoms with Gasteiger partial charge in [-0.15, -0.1) is 12.4 Å². The zero-order valence-electron chi connectivity index (χ0n) is 11.8. The summed E-state index contributed by atoms with van der Waals surface area (Å²) in [7, 11) is -3.34.